The predicted octanol–water partition coefficient (Wildman–Crippen LogP) is 2.83. The van der Waals surface area contributed by atoms with Crippen LogP contribution in [0.1, 0.15) is 19.4 Å². The molecule has 0 aliphatic carbocycles. The maximum atomic E-state index is 12.2. The van der Waals surface area contributed by atoms with Crippen molar-refractivity contribution in [3.8, 4) is 0 Å². The molecule has 6 heteroatoms. The van der Waals surface area contributed by atoms with E-state index in [4.69, 9.17) is 4.74 Å². The first-order valence-electron chi connectivity index (χ1n) is 8.13. The Kier molecular flexibility index (Phi) is 4.96. The maximum absolute atomic E-state index is 12.2. The fraction of sp³-hybridized carbons (Fsp3) is 0.444. The summed E-state index contributed by atoms with van der Waals surface area (Å²) in [6.45, 7) is 5.64. The van der Waals surface area contributed by atoms with Crippen molar-refractivity contribution in [3.05, 3.63) is 34.7 Å². The van der Waals surface area contributed by atoms with E-state index in [1.54, 1.807) is 0 Å². The van der Waals surface area contributed by atoms with E-state index in [1.807, 2.05) is 63.2 Å². The molecule has 0 unspecified atom stereocenters. The summed E-state index contributed by atoms with van der Waals surface area (Å²) in [7, 11) is 4.02. The lowest BCUT2D eigenvalue weighted by molar-refractivity contribution is -0.113. The van der Waals surface area contributed by atoms with E-state index in [-0.39, 0.29) is 18.1 Å². The Morgan fingerprint density at radius 3 is 2.42 bits per heavy atom. The van der Waals surface area contributed by atoms with Crippen LogP contribution >= 0.6 is 11.8 Å². The Labute approximate surface area is 147 Å². The lowest BCUT2D eigenvalue weighted by atomic mass is 10.2. The molecule has 0 spiro atoms. The number of amidine groups is 1. The zero-order valence-electron chi connectivity index (χ0n) is 14.5. The number of anilines is 1. The van der Waals surface area contributed by atoms with Crippen LogP contribution in [0.4, 0.5) is 5.69 Å². The standard InChI is InChI=1S/C18H23N3O2S/c1-12-10-21(11-13(2)23-12)18-19-17(22)16(24-18)9-14-5-7-15(8-6-14)20(3)4/h5-9,12-13H,10-11H2,1-4H3/b16-9-/t12-,13+. The van der Waals surface area contributed by atoms with E-state index in [2.05, 4.69) is 9.89 Å². The minimum absolute atomic E-state index is 0.152. The number of morpholine rings is 1. The summed E-state index contributed by atoms with van der Waals surface area (Å²) < 4.78 is 5.75. The number of carbonyl (C=O) groups is 1. The van der Waals surface area contributed by atoms with E-state index in [0.717, 1.165) is 29.5 Å². The summed E-state index contributed by atoms with van der Waals surface area (Å²) in [6, 6.07) is 8.13. The van der Waals surface area contributed by atoms with Gasteiger partial charge in [0.15, 0.2) is 5.17 Å². The van der Waals surface area contributed by atoms with Gasteiger partial charge in [0.25, 0.3) is 5.91 Å². The zero-order valence-corrected chi connectivity index (χ0v) is 15.3. The van der Waals surface area contributed by atoms with Crippen molar-refractivity contribution >= 4 is 34.6 Å². The van der Waals surface area contributed by atoms with Crippen LogP contribution in [0.25, 0.3) is 6.08 Å². The molecule has 1 amide bonds. The topological polar surface area (TPSA) is 45.1 Å². The van der Waals surface area contributed by atoms with Crippen molar-refractivity contribution in [3.63, 3.8) is 0 Å². The molecule has 1 aromatic rings. The van der Waals surface area contributed by atoms with Crippen LogP contribution in [0.2, 0.25) is 0 Å². The number of hydrogen-bond donors (Lipinski definition) is 0. The van der Waals surface area contributed by atoms with E-state index >= 15 is 0 Å². The zero-order chi connectivity index (χ0) is 17.3. The second-order valence-corrected chi connectivity index (χ2v) is 7.47. The van der Waals surface area contributed by atoms with Gasteiger partial charge in [0.1, 0.15) is 0 Å². The molecule has 0 saturated carbocycles. The van der Waals surface area contributed by atoms with Gasteiger partial charge in [-0.05, 0) is 49.4 Å². The highest BCUT2D eigenvalue weighted by Crippen LogP contribution is 2.31. The number of thioether (sulfide) groups is 1. The lowest BCUT2D eigenvalue weighted by Crippen LogP contribution is -2.47. The molecule has 2 aliphatic heterocycles. The van der Waals surface area contributed by atoms with Crippen LogP contribution in [-0.4, -0.2) is 55.4 Å². The summed E-state index contributed by atoms with van der Waals surface area (Å²) in [5.74, 6) is -0.154. The first-order valence-corrected chi connectivity index (χ1v) is 8.94. The number of amides is 1. The van der Waals surface area contributed by atoms with Crippen LogP contribution in [-0.2, 0) is 9.53 Å². The Bertz CT molecular complexity index is 672. The summed E-state index contributed by atoms with van der Waals surface area (Å²) >= 11 is 1.46. The van der Waals surface area contributed by atoms with Crippen molar-refractivity contribution in [2.24, 2.45) is 4.99 Å². The van der Waals surface area contributed by atoms with Crippen molar-refractivity contribution in [1.82, 2.24) is 4.90 Å². The smallest absolute Gasteiger partial charge is 0.286 e. The number of nitrogens with zero attached hydrogens (tertiary/aromatic N) is 3. The number of carbonyl (C=O) groups excluding carboxylic acids is 1. The highest BCUT2D eigenvalue weighted by atomic mass is 32.2. The van der Waals surface area contributed by atoms with Crippen molar-refractivity contribution in [1.29, 1.82) is 0 Å². The predicted molar refractivity (Wildman–Crippen MR) is 100 cm³/mol. The van der Waals surface area contributed by atoms with Gasteiger partial charge in [-0.3, -0.25) is 4.79 Å². The molecule has 3 rings (SSSR count). The molecular weight excluding hydrogens is 322 g/mol. The molecule has 128 valence electrons. The molecular formula is C18H23N3O2S. The van der Waals surface area contributed by atoms with Crippen LogP contribution in [0.3, 0.4) is 0 Å². The first kappa shape index (κ1) is 17.0. The number of aliphatic imine (C=N–C) groups is 1. The molecule has 1 saturated heterocycles. The van der Waals surface area contributed by atoms with Crippen LogP contribution < -0.4 is 4.90 Å². The Hall–Kier alpha value is -1.79. The lowest BCUT2D eigenvalue weighted by Gasteiger charge is -2.35. The van der Waals surface area contributed by atoms with E-state index in [9.17, 15) is 4.79 Å². The second kappa shape index (κ2) is 6.99. The molecule has 0 N–H and O–H groups in total. The molecule has 0 bridgehead atoms. The molecule has 24 heavy (non-hydrogen) atoms. The van der Waals surface area contributed by atoms with Gasteiger partial charge in [0, 0.05) is 32.9 Å². The van der Waals surface area contributed by atoms with Crippen LogP contribution in [0.15, 0.2) is 34.2 Å². The van der Waals surface area contributed by atoms with Gasteiger partial charge in [-0.25, -0.2) is 0 Å². The Morgan fingerprint density at radius 2 is 1.83 bits per heavy atom. The first-order chi connectivity index (χ1) is 11.4. The van der Waals surface area contributed by atoms with Gasteiger partial charge in [-0.2, -0.15) is 4.99 Å². The molecule has 5 nitrogen and oxygen atoms in total. The van der Waals surface area contributed by atoms with Gasteiger partial charge in [0.2, 0.25) is 0 Å². The third-order valence-corrected chi connectivity index (χ3v) is 5.05. The summed E-state index contributed by atoms with van der Waals surface area (Å²) in [4.78, 5) is 21.3. The molecule has 0 radical (unpaired) electrons. The van der Waals surface area contributed by atoms with Crippen molar-refractivity contribution in [2.75, 3.05) is 32.1 Å². The second-order valence-electron chi connectivity index (χ2n) is 6.46. The van der Waals surface area contributed by atoms with E-state index in [0.29, 0.717) is 4.91 Å². The average molecular weight is 345 g/mol. The number of hydrogen-bond acceptors (Lipinski definition) is 5. The monoisotopic (exact) mass is 345 g/mol. The van der Waals surface area contributed by atoms with Gasteiger partial charge in [-0.1, -0.05) is 12.1 Å². The van der Waals surface area contributed by atoms with Crippen molar-refractivity contribution < 1.29 is 9.53 Å². The molecule has 2 heterocycles. The molecule has 1 aromatic carbocycles. The van der Waals surface area contributed by atoms with Gasteiger partial charge in [-0.15, -0.1) is 0 Å². The van der Waals surface area contributed by atoms with Gasteiger partial charge >= 0.3 is 0 Å². The average Bonchev–Trinajstić information content (AvgIpc) is 2.88. The number of rotatable bonds is 2. The Morgan fingerprint density at radius 1 is 1.21 bits per heavy atom. The fourth-order valence-electron chi connectivity index (χ4n) is 2.89. The molecule has 2 aliphatic rings. The number of ether oxygens (including phenoxy) is 1. The van der Waals surface area contributed by atoms with Gasteiger partial charge in [0.05, 0.1) is 17.1 Å². The largest absolute Gasteiger partial charge is 0.378 e. The third kappa shape index (κ3) is 3.82. The van der Waals surface area contributed by atoms with Crippen molar-refractivity contribution in [2.45, 2.75) is 26.1 Å². The normalized spacial score (nSPS) is 26.0. The van der Waals surface area contributed by atoms with Crippen LogP contribution in [0.5, 0.6) is 0 Å². The van der Waals surface area contributed by atoms with E-state index in [1.165, 1.54) is 11.8 Å². The fourth-order valence-corrected chi connectivity index (χ4v) is 3.82. The highest BCUT2D eigenvalue weighted by molar-refractivity contribution is 8.18. The quantitative estimate of drug-likeness (QED) is 0.771. The molecule has 2 atom stereocenters. The molecule has 0 aromatic heterocycles. The summed E-state index contributed by atoms with van der Waals surface area (Å²) in [5, 5.41) is 0.790. The minimum atomic E-state index is -0.154. The summed E-state index contributed by atoms with van der Waals surface area (Å²) in [6.07, 6.45) is 2.22. The Balaban J connectivity index is 1.72. The maximum Gasteiger partial charge on any atom is 0.286 e. The van der Waals surface area contributed by atoms with Crippen LogP contribution in [0, 0.1) is 0 Å². The van der Waals surface area contributed by atoms with E-state index < -0.39 is 0 Å². The van der Waals surface area contributed by atoms with Gasteiger partial charge < -0.3 is 14.5 Å². The highest BCUT2D eigenvalue weighted by Gasteiger charge is 2.30. The molecule has 1 fully saturated rings. The SMILES string of the molecule is C[C@@H]1CN(C2=NC(=O)/C(=C/c3ccc(N(C)C)cc3)S2)C[C@H](C)O1. The third-order valence-electron chi connectivity index (χ3n) is 4.01. The number of benzene rings is 1. The minimum Gasteiger partial charge on any atom is -0.378 e. The summed E-state index contributed by atoms with van der Waals surface area (Å²) in [5.41, 5.74) is 2.15.